The van der Waals surface area contributed by atoms with E-state index in [1.165, 1.54) is 5.82 Å². The number of nitrogens with one attached hydrogen (secondary N) is 1. The van der Waals surface area contributed by atoms with Crippen LogP contribution in [0.5, 0.6) is 0 Å². The van der Waals surface area contributed by atoms with E-state index in [4.69, 9.17) is 4.98 Å². The van der Waals surface area contributed by atoms with E-state index in [0.29, 0.717) is 6.04 Å². The van der Waals surface area contributed by atoms with Crippen LogP contribution in [0.25, 0.3) is 11.2 Å². The molecule has 1 N–H and O–H groups in total. The molecule has 19 heavy (non-hydrogen) atoms. The van der Waals surface area contributed by atoms with Crippen LogP contribution < -0.4 is 5.32 Å². The molecule has 2 aromatic heterocycles. The standard InChI is InChI=1S/C15H22N4/c1-11(2)19-13-12(5-4-8-17-13)18-14(19)15(3)6-9-16-10-7-15/h4-5,8,11,16H,6-7,9-10H2,1-3H3. The molecule has 0 spiro atoms. The Hall–Kier alpha value is -1.42. The summed E-state index contributed by atoms with van der Waals surface area (Å²) in [5, 5.41) is 3.44. The maximum Gasteiger partial charge on any atom is 0.160 e. The fourth-order valence-electron chi connectivity index (χ4n) is 3.05. The SMILES string of the molecule is CC(C)n1c(C2(C)CCNCC2)nc2cccnc21. The van der Waals surface area contributed by atoms with Crippen LogP contribution in [-0.4, -0.2) is 27.6 Å². The third-order valence-corrected chi connectivity index (χ3v) is 4.21. The summed E-state index contributed by atoms with van der Waals surface area (Å²) in [5.41, 5.74) is 2.20. The number of hydrogen-bond acceptors (Lipinski definition) is 3. The van der Waals surface area contributed by atoms with E-state index in [-0.39, 0.29) is 5.41 Å². The molecular formula is C15H22N4. The molecule has 0 aliphatic carbocycles. The summed E-state index contributed by atoms with van der Waals surface area (Å²) < 4.78 is 2.32. The maximum absolute atomic E-state index is 4.90. The van der Waals surface area contributed by atoms with Gasteiger partial charge in [-0.2, -0.15) is 0 Å². The first-order chi connectivity index (χ1) is 9.12. The van der Waals surface area contributed by atoms with Crippen LogP contribution in [0.4, 0.5) is 0 Å². The summed E-state index contributed by atoms with van der Waals surface area (Å²) >= 11 is 0. The lowest BCUT2D eigenvalue weighted by atomic mass is 9.80. The number of hydrogen-bond donors (Lipinski definition) is 1. The van der Waals surface area contributed by atoms with Crippen LogP contribution in [0, 0.1) is 0 Å². The molecule has 3 rings (SSSR count). The van der Waals surface area contributed by atoms with E-state index in [1.807, 2.05) is 12.3 Å². The molecule has 4 nitrogen and oxygen atoms in total. The number of piperidine rings is 1. The van der Waals surface area contributed by atoms with Gasteiger partial charge in [0.2, 0.25) is 0 Å². The fourth-order valence-corrected chi connectivity index (χ4v) is 3.05. The molecular weight excluding hydrogens is 236 g/mol. The van der Waals surface area contributed by atoms with Gasteiger partial charge in [-0.15, -0.1) is 0 Å². The van der Waals surface area contributed by atoms with Gasteiger partial charge in [-0.25, -0.2) is 9.97 Å². The van der Waals surface area contributed by atoms with Gasteiger partial charge in [0.1, 0.15) is 11.3 Å². The molecule has 0 radical (unpaired) electrons. The second-order valence-electron chi connectivity index (χ2n) is 6.06. The molecule has 1 aliphatic rings. The predicted molar refractivity (Wildman–Crippen MR) is 77.4 cm³/mol. The first-order valence-corrected chi connectivity index (χ1v) is 7.16. The number of fused-ring (bicyclic) bond motifs is 1. The Balaban J connectivity index is 2.19. The Morgan fingerprint density at radius 2 is 2.05 bits per heavy atom. The molecule has 2 aromatic rings. The Bertz CT molecular complexity index is 579. The Morgan fingerprint density at radius 1 is 1.32 bits per heavy atom. The van der Waals surface area contributed by atoms with Crippen molar-refractivity contribution in [3.05, 3.63) is 24.2 Å². The van der Waals surface area contributed by atoms with Gasteiger partial charge in [0.05, 0.1) is 0 Å². The first kappa shape index (κ1) is 12.6. The second-order valence-corrected chi connectivity index (χ2v) is 6.06. The number of pyridine rings is 1. The average Bonchev–Trinajstić information content (AvgIpc) is 2.79. The van der Waals surface area contributed by atoms with Crippen molar-refractivity contribution in [3.8, 4) is 0 Å². The van der Waals surface area contributed by atoms with Gasteiger partial charge in [-0.05, 0) is 51.9 Å². The number of aromatic nitrogens is 3. The van der Waals surface area contributed by atoms with Crippen LogP contribution in [0.2, 0.25) is 0 Å². The third-order valence-electron chi connectivity index (χ3n) is 4.21. The monoisotopic (exact) mass is 258 g/mol. The lowest BCUT2D eigenvalue weighted by molar-refractivity contribution is 0.305. The quantitative estimate of drug-likeness (QED) is 0.900. The molecule has 0 bridgehead atoms. The minimum absolute atomic E-state index is 0.163. The summed E-state index contributed by atoms with van der Waals surface area (Å²) in [6, 6.07) is 4.42. The molecule has 0 aromatic carbocycles. The van der Waals surface area contributed by atoms with Crippen LogP contribution in [0.15, 0.2) is 18.3 Å². The smallest absolute Gasteiger partial charge is 0.160 e. The van der Waals surface area contributed by atoms with Crippen LogP contribution in [0.3, 0.4) is 0 Å². The lowest BCUT2D eigenvalue weighted by Crippen LogP contribution is -2.39. The molecule has 1 saturated heterocycles. The van der Waals surface area contributed by atoms with Crippen molar-refractivity contribution < 1.29 is 0 Å². The number of nitrogens with zero attached hydrogens (tertiary/aromatic N) is 3. The summed E-state index contributed by atoms with van der Waals surface area (Å²) in [7, 11) is 0. The van der Waals surface area contributed by atoms with Crippen molar-refractivity contribution >= 4 is 11.2 Å². The van der Waals surface area contributed by atoms with Crippen molar-refractivity contribution in [2.24, 2.45) is 0 Å². The molecule has 1 fully saturated rings. The zero-order valence-electron chi connectivity index (χ0n) is 12.0. The maximum atomic E-state index is 4.90. The van der Waals surface area contributed by atoms with E-state index in [9.17, 15) is 0 Å². The van der Waals surface area contributed by atoms with Crippen molar-refractivity contribution in [3.63, 3.8) is 0 Å². The minimum atomic E-state index is 0.163. The molecule has 0 unspecified atom stereocenters. The van der Waals surface area contributed by atoms with Crippen molar-refractivity contribution in [2.45, 2.75) is 45.1 Å². The van der Waals surface area contributed by atoms with E-state index >= 15 is 0 Å². The third kappa shape index (κ3) is 2.04. The first-order valence-electron chi connectivity index (χ1n) is 7.16. The largest absolute Gasteiger partial charge is 0.317 e. The molecule has 102 valence electrons. The highest BCUT2D eigenvalue weighted by molar-refractivity contribution is 5.71. The van der Waals surface area contributed by atoms with Gasteiger partial charge in [-0.3, -0.25) is 0 Å². The highest BCUT2D eigenvalue weighted by Gasteiger charge is 2.34. The van der Waals surface area contributed by atoms with Gasteiger partial charge in [0, 0.05) is 17.7 Å². The average molecular weight is 258 g/mol. The van der Waals surface area contributed by atoms with Crippen molar-refractivity contribution in [1.29, 1.82) is 0 Å². The van der Waals surface area contributed by atoms with Gasteiger partial charge in [0.15, 0.2) is 5.65 Å². The summed E-state index contributed by atoms with van der Waals surface area (Å²) in [6.07, 6.45) is 4.14. The Labute approximate surface area is 114 Å². The second kappa shape index (κ2) is 4.60. The van der Waals surface area contributed by atoms with Gasteiger partial charge >= 0.3 is 0 Å². The van der Waals surface area contributed by atoms with Crippen molar-refractivity contribution in [2.75, 3.05) is 13.1 Å². The topological polar surface area (TPSA) is 42.7 Å². The lowest BCUT2D eigenvalue weighted by Gasteiger charge is -2.34. The Kier molecular flexibility index (Phi) is 3.05. The Morgan fingerprint density at radius 3 is 2.74 bits per heavy atom. The minimum Gasteiger partial charge on any atom is -0.317 e. The van der Waals surface area contributed by atoms with Gasteiger partial charge in [0.25, 0.3) is 0 Å². The predicted octanol–water partition coefficient (Wildman–Crippen LogP) is 2.65. The number of rotatable bonds is 2. The molecule has 1 aliphatic heterocycles. The summed E-state index contributed by atoms with van der Waals surface area (Å²) in [5.74, 6) is 1.21. The van der Waals surface area contributed by atoms with Crippen molar-refractivity contribution in [1.82, 2.24) is 19.9 Å². The molecule has 4 heteroatoms. The van der Waals surface area contributed by atoms with Gasteiger partial charge < -0.3 is 9.88 Å². The zero-order valence-corrected chi connectivity index (χ0v) is 12.0. The number of imidazole rings is 1. The van der Waals surface area contributed by atoms with E-state index in [0.717, 1.165) is 37.1 Å². The van der Waals surface area contributed by atoms with Crippen LogP contribution in [-0.2, 0) is 5.41 Å². The van der Waals surface area contributed by atoms with E-state index in [2.05, 4.69) is 41.7 Å². The summed E-state index contributed by atoms with van der Waals surface area (Å²) in [6.45, 7) is 8.91. The normalized spacial score (nSPS) is 19.2. The van der Waals surface area contributed by atoms with Crippen LogP contribution in [0.1, 0.15) is 45.5 Å². The molecule has 0 amide bonds. The van der Waals surface area contributed by atoms with Gasteiger partial charge in [-0.1, -0.05) is 6.92 Å². The van der Waals surface area contributed by atoms with E-state index in [1.54, 1.807) is 0 Å². The fraction of sp³-hybridized carbons (Fsp3) is 0.600. The van der Waals surface area contributed by atoms with E-state index < -0.39 is 0 Å². The highest BCUT2D eigenvalue weighted by Crippen LogP contribution is 2.35. The van der Waals surface area contributed by atoms with Crippen LogP contribution >= 0.6 is 0 Å². The summed E-state index contributed by atoms with van der Waals surface area (Å²) in [4.78, 5) is 9.44. The molecule has 3 heterocycles. The highest BCUT2D eigenvalue weighted by atomic mass is 15.2. The zero-order chi connectivity index (χ0) is 13.5. The molecule has 0 atom stereocenters. The molecule has 0 saturated carbocycles.